The first-order chi connectivity index (χ1) is 11.1. The Balaban J connectivity index is 1.72. The summed E-state index contributed by atoms with van der Waals surface area (Å²) in [7, 11) is 0. The van der Waals surface area contributed by atoms with Crippen LogP contribution < -0.4 is 11.1 Å². The molecule has 1 amide bonds. The average Bonchev–Trinajstić information content (AvgIpc) is 3.39. The van der Waals surface area contributed by atoms with E-state index in [4.69, 9.17) is 5.73 Å². The third-order valence-electron chi connectivity index (χ3n) is 5.12. The summed E-state index contributed by atoms with van der Waals surface area (Å²) in [6.45, 7) is 2.75. The van der Waals surface area contributed by atoms with Gasteiger partial charge in [-0.2, -0.15) is 0 Å². The minimum Gasteiger partial charge on any atom is -0.350 e. The quantitative estimate of drug-likeness (QED) is 0.847. The summed E-state index contributed by atoms with van der Waals surface area (Å²) < 4.78 is 0. The van der Waals surface area contributed by atoms with Crippen LogP contribution in [0.1, 0.15) is 51.0 Å². The Morgan fingerprint density at radius 2 is 1.91 bits per heavy atom. The van der Waals surface area contributed by atoms with E-state index in [9.17, 15) is 4.79 Å². The molecule has 4 nitrogen and oxygen atoms in total. The molecule has 0 bridgehead atoms. The highest BCUT2D eigenvalue weighted by Crippen LogP contribution is 2.35. The largest absolute Gasteiger partial charge is 0.350 e. The maximum Gasteiger partial charge on any atom is 0.236 e. The van der Waals surface area contributed by atoms with E-state index in [2.05, 4.69) is 40.5 Å². The molecule has 2 saturated carbocycles. The van der Waals surface area contributed by atoms with Gasteiger partial charge in [-0.1, -0.05) is 43.2 Å². The lowest BCUT2D eigenvalue weighted by atomic mass is 9.88. The number of amides is 1. The van der Waals surface area contributed by atoms with Crippen molar-refractivity contribution in [3.63, 3.8) is 0 Å². The molecule has 0 heterocycles. The molecule has 2 fully saturated rings. The van der Waals surface area contributed by atoms with Gasteiger partial charge in [-0.15, -0.1) is 0 Å². The SMILES string of the molecule is CC(N)C(=O)NC1CCCC[C@@H]1N(Cc1ccccc1)C1CC1. The van der Waals surface area contributed by atoms with Crippen molar-refractivity contribution >= 4 is 5.91 Å². The predicted octanol–water partition coefficient (Wildman–Crippen LogP) is 2.43. The number of rotatable bonds is 6. The maximum absolute atomic E-state index is 12.1. The van der Waals surface area contributed by atoms with Crippen LogP contribution in [-0.4, -0.2) is 35.0 Å². The molecular formula is C19H29N3O. The van der Waals surface area contributed by atoms with Crippen molar-refractivity contribution in [1.29, 1.82) is 0 Å². The fourth-order valence-corrected chi connectivity index (χ4v) is 3.71. The Bertz CT molecular complexity index is 513. The molecule has 4 heteroatoms. The van der Waals surface area contributed by atoms with Gasteiger partial charge in [-0.3, -0.25) is 9.69 Å². The molecule has 0 radical (unpaired) electrons. The van der Waals surface area contributed by atoms with Gasteiger partial charge in [0.1, 0.15) is 0 Å². The highest BCUT2D eigenvalue weighted by molar-refractivity contribution is 5.81. The fraction of sp³-hybridized carbons (Fsp3) is 0.632. The van der Waals surface area contributed by atoms with Crippen LogP contribution in [0, 0.1) is 0 Å². The zero-order chi connectivity index (χ0) is 16.2. The van der Waals surface area contributed by atoms with E-state index in [1.54, 1.807) is 6.92 Å². The minimum atomic E-state index is -0.430. The Hall–Kier alpha value is -1.39. The van der Waals surface area contributed by atoms with Crippen molar-refractivity contribution in [2.45, 2.75) is 76.2 Å². The van der Waals surface area contributed by atoms with Crippen molar-refractivity contribution in [2.75, 3.05) is 0 Å². The monoisotopic (exact) mass is 315 g/mol. The first kappa shape index (κ1) is 16.5. The van der Waals surface area contributed by atoms with E-state index in [0.717, 1.165) is 13.0 Å². The topological polar surface area (TPSA) is 58.4 Å². The fourth-order valence-electron chi connectivity index (χ4n) is 3.71. The Labute approximate surface area is 139 Å². The number of nitrogens with two attached hydrogens (primary N) is 1. The van der Waals surface area contributed by atoms with Crippen molar-refractivity contribution in [3.8, 4) is 0 Å². The number of carbonyl (C=O) groups is 1. The molecule has 2 aliphatic rings. The molecule has 2 unspecified atom stereocenters. The molecule has 2 aliphatic carbocycles. The summed E-state index contributed by atoms with van der Waals surface area (Å²) in [5.41, 5.74) is 7.11. The molecule has 0 aliphatic heterocycles. The second-order valence-corrected chi connectivity index (χ2v) is 7.14. The van der Waals surface area contributed by atoms with E-state index in [1.807, 2.05) is 0 Å². The lowest BCUT2D eigenvalue weighted by Crippen LogP contribution is -2.56. The van der Waals surface area contributed by atoms with Crippen LogP contribution in [0.25, 0.3) is 0 Å². The van der Waals surface area contributed by atoms with Crippen molar-refractivity contribution in [3.05, 3.63) is 35.9 Å². The summed E-state index contributed by atoms with van der Waals surface area (Å²) >= 11 is 0. The van der Waals surface area contributed by atoms with Gasteiger partial charge < -0.3 is 11.1 Å². The molecule has 1 aromatic rings. The van der Waals surface area contributed by atoms with Gasteiger partial charge >= 0.3 is 0 Å². The van der Waals surface area contributed by atoms with Gasteiger partial charge in [-0.05, 0) is 38.2 Å². The van der Waals surface area contributed by atoms with Gasteiger partial charge in [0, 0.05) is 24.7 Å². The second kappa shape index (κ2) is 7.45. The van der Waals surface area contributed by atoms with Crippen LogP contribution in [0.3, 0.4) is 0 Å². The van der Waals surface area contributed by atoms with Gasteiger partial charge in [0.15, 0.2) is 0 Å². The van der Waals surface area contributed by atoms with Crippen molar-refractivity contribution in [2.24, 2.45) is 5.73 Å². The molecule has 0 aromatic heterocycles. The number of benzene rings is 1. The van der Waals surface area contributed by atoms with Crippen LogP contribution in [-0.2, 0) is 11.3 Å². The normalized spacial score (nSPS) is 26.0. The molecule has 0 saturated heterocycles. The number of nitrogens with one attached hydrogen (secondary N) is 1. The lowest BCUT2D eigenvalue weighted by Gasteiger charge is -2.41. The molecular weight excluding hydrogens is 286 g/mol. The zero-order valence-corrected chi connectivity index (χ0v) is 14.1. The van der Waals surface area contributed by atoms with E-state index in [0.29, 0.717) is 12.1 Å². The molecule has 0 spiro atoms. The van der Waals surface area contributed by atoms with Gasteiger partial charge in [0.05, 0.1) is 6.04 Å². The molecule has 23 heavy (non-hydrogen) atoms. The summed E-state index contributed by atoms with van der Waals surface area (Å²) in [5, 5.41) is 3.21. The van der Waals surface area contributed by atoms with Crippen LogP contribution in [0.4, 0.5) is 0 Å². The first-order valence-corrected chi connectivity index (χ1v) is 9.01. The number of carbonyl (C=O) groups excluding carboxylic acids is 1. The third-order valence-corrected chi connectivity index (χ3v) is 5.12. The Morgan fingerprint density at radius 1 is 1.22 bits per heavy atom. The molecule has 3 atom stereocenters. The standard InChI is InChI=1S/C19H29N3O/c1-14(20)19(23)21-17-9-5-6-10-18(17)22(16-11-12-16)13-15-7-3-2-4-8-15/h2-4,7-8,14,16-18H,5-6,9-13,20H2,1H3,(H,21,23)/t14?,17?,18-/m0/s1. The number of nitrogens with zero attached hydrogens (tertiary/aromatic N) is 1. The smallest absolute Gasteiger partial charge is 0.236 e. The molecule has 126 valence electrons. The lowest BCUT2D eigenvalue weighted by molar-refractivity contribution is -0.123. The highest BCUT2D eigenvalue weighted by atomic mass is 16.2. The number of hydrogen-bond donors (Lipinski definition) is 2. The summed E-state index contributed by atoms with van der Waals surface area (Å²) in [6, 6.07) is 11.6. The summed E-state index contributed by atoms with van der Waals surface area (Å²) in [4.78, 5) is 14.7. The van der Waals surface area contributed by atoms with Crippen LogP contribution in [0.2, 0.25) is 0 Å². The minimum absolute atomic E-state index is 0.0163. The highest BCUT2D eigenvalue weighted by Gasteiger charge is 2.39. The summed E-state index contributed by atoms with van der Waals surface area (Å²) in [5.74, 6) is -0.0163. The number of hydrogen-bond acceptors (Lipinski definition) is 3. The molecule has 3 rings (SSSR count). The third kappa shape index (κ3) is 4.33. The van der Waals surface area contributed by atoms with E-state index in [-0.39, 0.29) is 11.9 Å². The maximum atomic E-state index is 12.1. The van der Waals surface area contributed by atoms with Crippen molar-refractivity contribution in [1.82, 2.24) is 10.2 Å². The Kier molecular flexibility index (Phi) is 5.34. The summed E-state index contributed by atoms with van der Waals surface area (Å²) in [6.07, 6.45) is 7.28. The van der Waals surface area contributed by atoms with Crippen LogP contribution in [0.5, 0.6) is 0 Å². The van der Waals surface area contributed by atoms with Crippen molar-refractivity contribution < 1.29 is 4.79 Å². The molecule has 1 aromatic carbocycles. The zero-order valence-electron chi connectivity index (χ0n) is 14.1. The van der Waals surface area contributed by atoms with Crippen LogP contribution in [0.15, 0.2) is 30.3 Å². The van der Waals surface area contributed by atoms with E-state index in [1.165, 1.54) is 37.7 Å². The average molecular weight is 315 g/mol. The second-order valence-electron chi connectivity index (χ2n) is 7.14. The first-order valence-electron chi connectivity index (χ1n) is 9.01. The molecule has 3 N–H and O–H groups in total. The van der Waals surface area contributed by atoms with E-state index < -0.39 is 6.04 Å². The van der Waals surface area contributed by atoms with Gasteiger partial charge in [0.25, 0.3) is 0 Å². The Morgan fingerprint density at radius 3 is 2.57 bits per heavy atom. The van der Waals surface area contributed by atoms with Gasteiger partial charge in [0.2, 0.25) is 5.91 Å². The van der Waals surface area contributed by atoms with E-state index >= 15 is 0 Å². The van der Waals surface area contributed by atoms with Crippen LogP contribution >= 0.6 is 0 Å². The van der Waals surface area contributed by atoms with Gasteiger partial charge in [-0.25, -0.2) is 0 Å². The predicted molar refractivity (Wildman–Crippen MR) is 92.8 cm³/mol.